The van der Waals surface area contributed by atoms with Crippen LogP contribution < -0.4 is 10.6 Å². The van der Waals surface area contributed by atoms with Gasteiger partial charge in [0.25, 0.3) is 0 Å². The quantitative estimate of drug-likeness (QED) is 0.710. The molecule has 0 fully saturated rings. The molecule has 10 heteroatoms. The summed E-state index contributed by atoms with van der Waals surface area (Å²) in [4.78, 5) is 24.3. The van der Waals surface area contributed by atoms with Gasteiger partial charge in [-0.3, -0.25) is 9.59 Å². The van der Waals surface area contributed by atoms with Crippen molar-refractivity contribution in [2.45, 2.75) is 24.7 Å². The second kappa shape index (κ2) is 6.84. The second-order valence-corrected chi connectivity index (χ2v) is 6.18. The molecule has 0 aliphatic carbocycles. The Kier molecular flexibility index (Phi) is 4.82. The van der Waals surface area contributed by atoms with E-state index in [2.05, 4.69) is 10.6 Å². The number of amides is 2. The molecular weight excluding hydrogens is 390 g/mol. The number of rotatable bonds is 2. The van der Waals surface area contributed by atoms with Crippen LogP contribution in [-0.2, 0) is 21.9 Å². The highest BCUT2D eigenvalue weighted by molar-refractivity contribution is 6.05. The van der Waals surface area contributed by atoms with E-state index in [-0.39, 0.29) is 12.5 Å². The maximum atomic E-state index is 12.9. The first-order valence-electron chi connectivity index (χ1n) is 7.94. The molecule has 0 aromatic heterocycles. The zero-order valence-corrected chi connectivity index (χ0v) is 13.9. The first-order chi connectivity index (χ1) is 12.9. The highest BCUT2D eigenvalue weighted by atomic mass is 19.4. The van der Waals surface area contributed by atoms with Crippen molar-refractivity contribution >= 4 is 23.2 Å². The van der Waals surface area contributed by atoms with Crippen LogP contribution in [0.25, 0.3) is 0 Å². The van der Waals surface area contributed by atoms with Crippen LogP contribution in [0.15, 0.2) is 42.5 Å². The maximum absolute atomic E-state index is 12.9. The van der Waals surface area contributed by atoms with Crippen molar-refractivity contribution in [1.29, 1.82) is 0 Å². The van der Waals surface area contributed by atoms with E-state index >= 15 is 0 Å². The van der Waals surface area contributed by atoms with Crippen molar-refractivity contribution in [1.82, 2.24) is 0 Å². The van der Waals surface area contributed by atoms with Crippen LogP contribution in [0, 0.1) is 0 Å². The summed E-state index contributed by atoms with van der Waals surface area (Å²) in [5.41, 5.74) is -2.96. The Bertz CT molecular complexity index is 904. The van der Waals surface area contributed by atoms with E-state index in [9.17, 15) is 35.9 Å². The minimum absolute atomic E-state index is 0.0288. The Balaban J connectivity index is 1.95. The van der Waals surface area contributed by atoms with Crippen LogP contribution in [0.3, 0.4) is 0 Å². The van der Waals surface area contributed by atoms with E-state index in [1.165, 1.54) is 0 Å². The molecule has 2 amide bonds. The number of nitrogens with one attached hydrogen (secondary N) is 2. The number of fused-ring (bicyclic) bond motifs is 1. The molecule has 0 saturated heterocycles. The van der Waals surface area contributed by atoms with Gasteiger partial charge >= 0.3 is 12.4 Å². The first-order valence-corrected chi connectivity index (χ1v) is 7.94. The van der Waals surface area contributed by atoms with Gasteiger partial charge in [0, 0.05) is 17.8 Å². The molecular formula is C18H12F6N2O2. The van der Waals surface area contributed by atoms with Gasteiger partial charge in [-0.05, 0) is 29.8 Å². The van der Waals surface area contributed by atoms with Gasteiger partial charge in [-0.2, -0.15) is 26.3 Å². The van der Waals surface area contributed by atoms with Gasteiger partial charge in [0.05, 0.1) is 17.0 Å². The lowest BCUT2D eigenvalue weighted by Crippen LogP contribution is -2.30. The van der Waals surface area contributed by atoms with Crippen LogP contribution >= 0.6 is 0 Å². The average molecular weight is 402 g/mol. The largest absolute Gasteiger partial charge is 0.416 e. The number of benzene rings is 2. The SMILES string of the molecule is O=C1C[C@H](C(=O)Nc2cc(C(F)(F)F)cc(C(F)(F)F)c2)c2ccccc2N1. The number of carbonyl (C=O) groups excluding carboxylic acids is 2. The fraction of sp³-hybridized carbons (Fsp3) is 0.222. The predicted molar refractivity (Wildman–Crippen MR) is 87.5 cm³/mol. The summed E-state index contributed by atoms with van der Waals surface area (Å²) in [5, 5.41) is 4.63. The molecule has 0 saturated carbocycles. The molecule has 4 nitrogen and oxygen atoms in total. The minimum atomic E-state index is -5.03. The molecule has 1 aliphatic heterocycles. The van der Waals surface area contributed by atoms with Crippen LogP contribution in [0.1, 0.15) is 29.0 Å². The number of halogens is 6. The summed E-state index contributed by atoms with van der Waals surface area (Å²) >= 11 is 0. The Morgan fingerprint density at radius 1 is 0.964 bits per heavy atom. The molecule has 2 N–H and O–H groups in total. The second-order valence-electron chi connectivity index (χ2n) is 6.18. The highest BCUT2D eigenvalue weighted by Crippen LogP contribution is 2.38. The Morgan fingerprint density at radius 3 is 2.11 bits per heavy atom. The van der Waals surface area contributed by atoms with E-state index in [1.54, 1.807) is 24.3 Å². The number of alkyl halides is 6. The van der Waals surface area contributed by atoms with Crippen molar-refractivity contribution in [2.75, 3.05) is 10.6 Å². The van der Waals surface area contributed by atoms with Gasteiger partial charge in [-0.25, -0.2) is 0 Å². The Morgan fingerprint density at radius 2 is 1.54 bits per heavy atom. The lowest BCUT2D eigenvalue weighted by molar-refractivity contribution is -0.143. The number of anilines is 2. The third-order valence-corrected chi connectivity index (χ3v) is 4.17. The van der Waals surface area contributed by atoms with Crippen molar-refractivity contribution in [2.24, 2.45) is 0 Å². The van der Waals surface area contributed by atoms with E-state index in [0.717, 1.165) is 0 Å². The average Bonchev–Trinajstić information content (AvgIpc) is 2.59. The first kappa shape index (κ1) is 19.7. The van der Waals surface area contributed by atoms with Gasteiger partial charge in [0.2, 0.25) is 11.8 Å². The number of hydrogen-bond acceptors (Lipinski definition) is 2. The molecule has 1 aliphatic rings. The third-order valence-electron chi connectivity index (χ3n) is 4.17. The lowest BCUT2D eigenvalue weighted by Gasteiger charge is -2.25. The van der Waals surface area contributed by atoms with Crippen molar-refractivity contribution in [3.63, 3.8) is 0 Å². The number of para-hydroxylation sites is 1. The highest BCUT2D eigenvalue weighted by Gasteiger charge is 2.37. The topological polar surface area (TPSA) is 58.2 Å². The molecule has 28 heavy (non-hydrogen) atoms. The molecule has 1 atom stereocenters. The molecule has 0 spiro atoms. The summed E-state index contributed by atoms with van der Waals surface area (Å²) in [6.45, 7) is 0. The van der Waals surface area contributed by atoms with Crippen LogP contribution in [-0.4, -0.2) is 11.8 Å². The van der Waals surface area contributed by atoms with E-state index in [4.69, 9.17) is 0 Å². The van der Waals surface area contributed by atoms with Crippen molar-refractivity contribution < 1.29 is 35.9 Å². The van der Waals surface area contributed by atoms with Crippen molar-refractivity contribution in [3.8, 4) is 0 Å². The Labute approximate surface area is 154 Å². The van der Waals surface area contributed by atoms with Gasteiger partial charge in [-0.15, -0.1) is 0 Å². The third kappa shape index (κ3) is 4.10. The molecule has 2 aromatic rings. The molecule has 148 valence electrons. The van der Waals surface area contributed by atoms with E-state index in [0.29, 0.717) is 23.4 Å². The lowest BCUT2D eigenvalue weighted by atomic mass is 9.89. The fourth-order valence-electron chi connectivity index (χ4n) is 2.90. The fourth-order valence-corrected chi connectivity index (χ4v) is 2.90. The van der Waals surface area contributed by atoms with E-state index in [1.807, 2.05) is 0 Å². The van der Waals surface area contributed by atoms with E-state index < -0.39 is 46.9 Å². The normalized spacial score (nSPS) is 16.9. The summed E-state index contributed by atoms with van der Waals surface area (Å²) in [6.07, 6.45) is -10.3. The summed E-state index contributed by atoms with van der Waals surface area (Å²) in [6, 6.07) is 7.11. The Hall–Kier alpha value is -3.04. The van der Waals surface area contributed by atoms with Gasteiger partial charge in [0.1, 0.15) is 0 Å². The summed E-state index contributed by atoms with van der Waals surface area (Å²) in [5.74, 6) is -2.41. The minimum Gasteiger partial charge on any atom is -0.326 e. The van der Waals surface area contributed by atoms with Gasteiger partial charge in [0.15, 0.2) is 0 Å². The molecule has 1 heterocycles. The number of carbonyl (C=O) groups is 2. The maximum Gasteiger partial charge on any atom is 0.416 e. The summed E-state index contributed by atoms with van der Waals surface area (Å²) < 4.78 is 77.7. The van der Waals surface area contributed by atoms with Crippen LogP contribution in [0.5, 0.6) is 0 Å². The zero-order valence-electron chi connectivity index (χ0n) is 13.9. The molecule has 0 unspecified atom stereocenters. The van der Waals surface area contributed by atoms with Gasteiger partial charge < -0.3 is 10.6 Å². The van der Waals surface area contributed by atoms with Crippen LogP contribution in [0.2, 0.25) is 0 Å². The van der Waals surface area contributed by atoms with Gasteiger partial charge in [-0.1, -0.05) is 18.2 Å². The predicted octanol–water partition coefficient (Wildman–Crippen LogP) is 4.79. The molecule has 3 rings (SSSR count). The molecule has 2 aromatic carbocycles. The molecule has 0 bridgehead atoms. The monoisotopic (exact) mass is 402 g/mol. The molecule has 0 radical (unpaired) electrons. The van der Waals surface area contributed by atoms with Crippen molar-refractivity contribution in [3.05, 3.63) is 59.2 Å². The van der Waals surface area contributed by atoms with Crippen LogP contribution in [0.4, 0.5) is 37.7 Å². The number of hydrogen-bond donors (Lipinski definition) is 2. The zero-order chi connectivity index (χ0) is 20.7. The smallest absolute Gasteiger partial charge is 0.326 e. The summed E-state index contributed by atoms with van der Waals surface area (Å²) in [7, 11) is 0. The standard InChI is InChI=1S/C18H12F6N2O2/c19-17(20,21)9-5-10(18(22,23)24)7-11(6-9)25-16(28)13-8-15(27)26-14-4-2-1-3-12(13)14/h1-7,13H,8H2,(H,25,28)(H,26,27)/t13-/m0/s1.